The second-order valence-electron chi connectivity index (χ2n) is 6.78. The van der Waals surface area contributed by atoms with Gasteiger partial charge < -0.3 is 24.8 Å². The van der Waals surface area contributed by atoms with E-state index in [-0.39, 0.29) is 18.2 Å². The van der Waals surface area contributed by atoms with Crippen molar-refractivity contribution in [1.82, 2.24) is 20.1 Å². The summed E-state index contributed by atoms with van der Waals surface area (Å²) in [6.07, 6.45) is 4.19. The van der Waals surface area contributed by atoms with Gasteiger partial charge >= 0.3 is 12.1 Å². The number of piperidine rings is 1. The van der Waals surface area contributed by atoms with Crippen LogP contribution in [0.5, 0.6) is 0 Å². The van der Waals surface area contributed by atoms with Gasteiger partial charge in [-0.15, -0.1) is 0 Å². The van der Waals surface area contributed by atoms with Gasteiger partial charge in [0, 0.05) is 43.9 Å². The Kier molecular flexibility index (Phi) is 6.57. The minimum Gasteiger partial charge on any atom is -0.450 e. The molecule has 0 radical (unpaired) electrons. The van der Waals surface area contributed by atoms with Gasteiger partial charge in [0.15, 0.2) is 0 Å². The number of nitrogens with one attached hydrogen (secondary N) is 2. The van der Waals surface area contributed by atoms with Crippen LogP contribution in [-0.4, -0.2) is 53.9 Å². The number of aryl methyl sites for hydroxylation is 1. The van der Waals surface area contributed by atoms with Gasteiger partial charge in [0.25, 0.3) is 0 Å². The molecule has 0 bridgehead atoms. The van der Waals surface area contributed by atoms with Crippen LogP contribution >= 0.6 is 0 Å². The molecule has 1 aromatic heterocycles. The van der Waals surface area contributed by atoms with Crippen LogP contribution in [0.3, 0.4) is 0 Å². The summed E-state index contributed by atoms with van der Waals surface area (Å²) in [6.45, 7) is 4.91. The highest BCUT2D eigenvalue weighted by molar-refractivity contribution is 5.79. The molecule has 146 valence electrons. The highest BCUT2D eigenvalue weighted by atomic mass is 16.6. The van der Waals surface area contributed by atoms with Crippen molar-refractivity contribution in [3.05, 3.63) is 36.5 Å². The molecule has 7 nitrogen and oxygen atoms in total. The van der Waals surface area contributed by atoms with E-state index in [9.17, 15) is 9.59 Å². The average Bonchev–Trinajstić information content (AvgIpc) is 3.09. The highest BCUT2D eigenvalue weighted by Crippen LogP contribution is 2.15. The molecule has 2 heterocycles. The maximum absolute atomic E-state index is 12.1. The molecule has 0 unspecified atom stereocenters. The first-order valence-corrected chi connectivity index (χ1v) is 9.67. The molecule has 1 aromatic carbocycles. The predicted molar refractivity (Wildman–Crippen MR) is 105 cm³/mol. The Bertz CT molecular complexity index is 765. The summed E-state index contributed by atoms with van der Waals surface area (Å²) in [5.41, 5.74) is 1.22. The third-order valence-corrected chi connectivity index (χ3v) is 4.90. The molecule has 1 saturated heterocycles. The van der Waals surface area contributed by atoms with Crippen molar-refractivity contribution in [3.8, 4) is 0 Å². The fraction of sp³-hybridized carbons (Fsp3) is 0.500. The quantitative estimate of drug-likeness (QED) is 0.766. The van der Waals surface area contributed by atoms with Crippen molar-refractivity contribution in [3.63, 3.8) is 0 Å². The first-order valence-electron chi connectivity index (χ1n) is 9.67. The lowest BCUT2D eigenvalue weighted by atomic mass is 10.1. The monoisotopic (exact) mass is 372 g/mol. The molecule has 2 N–H and O–H groups in total. The minimum absolute atomic E-state index is 0.101. The van der Waals surface area contributed by atoms with Crippen LogP contribution in [0.4, 0.5) is 9.59 Å². The van der Waals surface area contributed by atoms with Gasteiger partial charge in [-0.2, -0.15) is 0 Å². The van der Waals surface area contributed by atoms with E-state index >= 15 is 0 Å². The molecule has 27 heavy (non-hydrogen) atoms. The van der Waals surface area contributed by atoms with E-state index in [0.29, 0.717) is 26.2 Å². The summed E-state index contributed by atoms with van der Waals surface area (Å²) in [5.74, 6) is 0. The normalized spacial score (nSPS) is 14.9. The lowest BCUT2D eigenvalue weighted by Gasteiger charge is -2.31. The molecule has 3 rings (SSSR count). The summed E-state index contributed by atoms with van der Waals surface area (Å²) >= 11 is 0. The number of para-hydroxylation sites is 1. The van der Waals surface area contributed by atoms with Crippen molar-refractivity contribution < 1.29 is 14.3 Å². The van der Waals surface area contributed by atoms with Crippen molar-refractivity contribution >= 4 is 23.0 Å². The zero-order valence-electron chi connectivity index (χ0n) is 15.8. The number of hydrogen-bond acceptors (Lipinski definition) is 3. The number of amides is 3. The Balaban J connectivity index is 1.33. The minimum atomic E-state index is -0.266. The molecule has 0 saturated carbocycles. The Morgan fingerprint density at radius 3 is 2.74 bits per heavy atom. The van der Waals surface area contributed by atoms with Crippen molar-refractivity contribution in [2.45, 2.75) is 38.8 Å². The summed E-state index contributed by atoms with van der Waals surface area (Å²) in [6, 6.07) is 10.4. The predicted octanol–water partition coefficient (Wildman–Crippen LogP) is 2.95. The number of benzene rings is 1. The van der Waals surface area contributed by atoms with Crippen LogP contribution < -0.4 is 10.6 Å². The lowest BCUT2D eigenvalue weighted by molar-refractivity contribution is 0.0957. The van der Waals surface area contributed by atoms with Gasteiger partial charge in [0.2, 0.25) is 0 Å². The molecular weight excluding hydrogens is 344 g/mol. The third kappa shape index (κ3) is 5.15. The van der Waals surface area contributed by atoms with Crippen LogP contribution in [0.2, 0.25) is 0 Å². The smallest absolute Gasteiger partial charge is 0.409 e. The molecule has 0 atom stereocenters. The van der Waals surface area contributed by atoms with E-state index < -0.39 is 0 Å². The summed E-state index contributed by atoms with van der Waals surface area (Å²) in [5, 5.41) is 7.16. The molecule has 0 spiro atoms. The van der Waals surface area contributed by atoms with E-state index in [4.69, 9.17) is 4.74 Å². The van der Waals surface area contributed by atoms with Crippen LogP contribution in [0.1, 0.15) is 26.2 Å². The SMILES string of the molecule is CCOC(=O)N1CCC(NC(=O)NCCCn2ccc3ccccc32)CC1. The van der Waals surface area contributed by atoms with Crippen LogP contribution in [0.25, 0.3) is 10.9 Å². The summed E-state index contributed by atoms with van der Waals surface area (Å²) < 4.78 is 7.21. The van der Waals surface area contributed by atoms with Gasteiger partial charge in [-0.25, -0.2) is 9.59 Å². The standard InChI is InChI=1S/C20H28N4O3/c1-2-27-20(26)24-14-9-17(10-15-24)22-19(25)21-11-5-12-23-13-8-16-6-3-4-7-18(16)23/h3-4,6-8,13,17H,2,5,9-12,14-15H2,1H3,(H2,21,22,25). The maximum Gasteiger partial charge on any atom is 0.409 e. The Morgan fingerprint density at radius 2 is 1.96 bits per heavy atom. The summed E-state index contributed by atoms with van der Waals surface area (Å²) in [4.78, 5) is 25.4. The average molecular weight is 372 g/mol. The summed E-state index contributed by atoms with van der Waals surface area (Å²) in [7, 11) is 0. The first-order chi connectivity index (χ1) is 13.2. The van der Waals surface area contributed by atoms with Crippen molar-refractivity contribution in [1.29, 1.82) is 0 Å². The number of carbonyl (C=O) groups excluding carboxylic acids is 2. The van der Waals surface area contributed by atoms with Crippen molar-refractivity contribution in [2.75, 3.05) is 26.2 Å². The number of hydrogen-bond donors (Lipinski definition) is 2. The van der Waals surface area contributed by atoms with E-state index in [2.05, 4.69) is 39.6 Å². The number of likely N-dealkylation sites (tertiary alicyclic amines) is 1. The molecule has 1 fully saturated rings. The van der Waals surface area contributed by atoms with E-state index in [1.54, 1.807) is 11.8 Å². The Labute approximate surface area is 159 Å². The Morgan fingerprint density at radius 1 is 1.19 bits per heavy atom. The number of nitrogens with zero attached hydrogens (tertiary/aromatic N) is 2. The maximum atomic E-state index is 12.1. The topological polar surface area (TPSA) is 75.6 Å². The molecular formula is C20H28N4O3. The molecule has 3 amide bonds. The van der Waals surface area contributed by atoms with Gasteiger partial charge in [0.1, 0.15) is 0 Å². The second kappa shape index (κ2) is 9.30. The number of urea groups is 1. The zero-order valence-corrected chi connectivity index (χ0v) is 15.8. The number of aromatic nitrogens is 1. The zero-order chi connectivity index (χ0) is 19.1. The van der Waals surface area contributed by atoms with Gasteiger partial charge in [0.05, 0.1) is 6.61 Å². The number of rotatable bonds is 6. The fourth-order valence-corrected chi connectivity index (χ4v) is 3.44. The van der Waals surface area contributed by atoms with E-state index in [0.717, 1.165) is 25.8 Å². The molecule has 1 aliphatic rings. The van der Waals surface area contributed by atoms with E-state index in [1.807, 2.05) is 12.1 Å². The molecule has 0 aliphatic carbocycles. The third-order valence-electron chi connectivity index (χ3n) is 4.90. The number of ether oxygens (including phenoxy) is 1. The first kappa shape index (κ1) is 19.1. The van der Waals surface area contributed by atoms with Crippen LogP contribution in [-0.2, 0) is 11.3 Å². The fourth-order valence-electron chi connectivity index (χ4n) is 3.44. The Hall–Kier alpha value is -2.70. The van der Waals surface area contributed by atoms with E-state index in [1.165, 1.54) is 10.9 Å². The van der Waals surface area contributed by atoms with Crippen LogP contribution in [0.15, 0.2) is 36.5 Å². The largest absolute Gasteiger partial charge is 0.450 e. The van der Waals surface area contributed by atoms with Gasteiger partial charge in [-0.3, -0.25) is 0 Å². The molecule has 2 aromatic rings. The molecule has 7 heteroatoms. The molecule has 1 aliphatic heterocycles. The highest BCUT2D eigenvalue weighted by Gasteiger charge is 2.24. The number of fused-ring (bicyclic) bond motifs is 1. The van der Waals surface area contributed by atoms with Crippen LogP contribution in [0, 0.1) is 0 Å². The lowest BCUT2D eigenvalue weighted by Crippen LogP contribution is -2.49. The second-order valence-corrected chi connectivity index (χ2v) is 6.78. The number of carbonyl (C=O) groups is 2. The van der Waals surface area contributed by atoms with Gasteiger partial charge in [-0.05, 0) is 43.7 Å². The van der Waals surface area contributed by atoms with Crippen molar-refractivity contribution in [2.24, 2.45) is 0 Å². The van der Waals surface area contributed by atoms with Gasteiger partial charge in [-0.1, -0.05) is 18.2 Å².